The Morgan fingerprint density at radius 3 is 2.41 bits per heavy atom. The smallest absolute Gasteiger partial charge is 0.270 e. The summed E-state index contributed by atoms with van der Waals surface area (Å²) >= 11 is 0. The lowest BCUT2D eigenvalue weighted by atomic mass is 10.0. The van der Waals surface area contributed by atoms with E-state index in [-0.39, 0.29) is 17.6 Å². The molecule has 0 bridgehead atoms. The number of rotatable bonds is 4. The van der Waals surface area contributed by atoms with Gasteiger partial charge in [0.2, 0.25) is 5.89 Å². The minimum Gasteiger partial charge on any atom is -0.414 e. The van der Waals surface area contributed by atoms with Gasteiger partial charge in [-0.15, -0.1) is 10.2 Å². The summed E-state index contributed by atoms with van der Waals surface area (Å²) in [7, 11) is 0. The van der Waals surface area contributed by atoms with Gasteiger partial charge in [0.15, 0.2) is 11.5 Å². The van der Waals surface area contributed by atoms with E-state index >= 15 is 0 Å². The molecule has 0 saturated carbocycles. The van der Waals surface area contributed by atoms with Crippen LogP contribution in [0.4, 0.5) is 5.82 Å². The molecule has 2 aromatic carbocycles. The van der Waals surface area contributed by atoms with Crippen molar-refractivity contribution in [3.8, 4) is 23.0 Å². The van der Waals surface area contributed by atoms with Gasteiger partial charge >= 0.3 is 0 Å². The molecule has 3 heterocycles. The summed E-state index contributed by atoms with van der Waals surface area (Å²) in [5, 5.41) is 8.21. The van der Waals surface area contributed by atoms with Gasteiger partial charge in [-0.3, -0.25) is 4.79 Å². The van der Waals surface area contributed by atoms with Crippen molar-refractivity contribution in [2.75, 3.05) is 18.8 Å². The quantitative estimate of drug-likeness (QED) is 0.532. The van der Waals surface area contributed by atoms with Gasteiger partial charge in [-0.25, -0.2) is 9.97 Å². The summed E-state index contributed by atoms with van der Waals surface area (Å²) in [5.41, 5.74) is 9.58. The van der Waals surface area contributed by atoms with E-state index in [9.17, 15) is 4.79 Å². The molecule has 1 aliphatic rings. The number of amides is 1. The fourth-order valence-corrected chi connectivity index (χ4v) is 3.58. The molecular weight excluding hydrogens is 404 g/mol. The standard InChI is InChI=1S/C24H20N6O2/c25-21-20(23-29-28-22(32-23)17-7-3-1-4-8-17)27-19(15-26-21)16-11-13-30(14-12-16)24(31)18-9-5-2-6-10-18/h1-11,15H,12-14H2,(H2,25,26). The van der Waals surface area contributed by atoms with Crippen LogP contribution in [-0.2, 0) is 0 Å². The van der Waals surface area contributed by atoms with Crippen LogP contribution in [0.1, 0.15) is 22.5 Å². The van der Waals surface area contributed by atoms with Crippen molar-refractivity contribution < 1.29 is 9.21 Å². The molecule has 0 saturated heterocycles. The Kier molecular flexibility index (Phi) is 5.17. The predicted octanol–water partition coefficient (Wildman–Crippen LogP) is 3.71. The van der Waals surface area contributed by atoms with Crippen molar-refractivity contribution in [3.63, 3.8) is 0 Å². The highest BCUT2D eigenvalue weighted by molar-refractivity contribution is 5.94. The van der Waals surface area contributed by atoms with E-state index in [1.165, 1.54) is 0 Å². The first-order chi connectivity index (χ1) is 15.7. The molecule has 0 aliphatic carbocycles. The van der Waals surface area contributed by atoms with Gasteiger partial charge < -0.3 is 15.1 Å². The number of carbonyl (C=O) groups is 1. The van der Waals surface area contributed by atoms with Crippen LogP contribution in [0.5, 0.6) is 0 Å². The van der Waals surface area contributed by atoms with Gasteiger partial charge in [-0.05, 0) is 36.3 Å². The third-order valence-corrected chi connectivity index (χ3v) is 5.30. The Morgan fingerprint density at radius 1 is 0.969 bits per heavy atom. The number of benzene rings is 2. The fraction of sp³-hybridized carbons (Fsp3) is 0.125. The number of aromatic nitrogens is 4. The van der Waals surface area contributed by atoms with Gasteiger partial charge in [-0.2, -0.15) is 0 Å². The summed E-state index contributed by atoms with van der Waals surface area (Å²) < 4.78 is 5.80. The molecule has 2 N–H and O–H groups in total. The van der Waals surface area contributed by atoms with E-state index in [0.29, 0.717) is 42.4 Å². The lowest BCUT2D eigenvalue weighted by Crippen LogP contribution is -2.34. The summed E-state index contributed by atoms with van der Waals surface area (Å²) in [6.07, 6.45) is 4.29. The number of hydrogen-bond donors (Lipinski definition) is 1. The zero-order chi connectivity index (χ0) is 21.9. The molecule has 158 valence electrons. The SMILES string of the molecule is Nc1ncc(C2=CCN(C(=O)c3ccccc3)CC2)nc1-c1nnc(-c2ccccc2)o1. The number of nitrogen functional groups attached to an aromatic ring is 1. The highest BCUT2D eigenvalue weighted by Crippen LogP contribution is 2.28. The van der Waals surface area contributed by atoms with Crippen molar-refractivity contribution in [2.45, 2.75) is 6.42 Å². The van der Waals surface area contributed by atoms with Crippen LogP contribution in [0, 0.1) is 0 Å². The molecule has 8 nitrogen and oxygen atoms in total. The Labute approximate surface area is 184 Å². The molecule has 0 unspecified atom stereocenters. The second kappa shape index (κ2) is 8.43. The van der Waals surface area contributed by atoms with E-state index in [2.05, 4.69) is 20.2 Å². The molecule has 0 fully saturated rings. The number of anilines is 1. The Balaban J connectivity index is 1.37. The van der Waals surface area contributed by atoms with Crippen LogP contribution < -0.4 is 5.73 Å². The maximum Gasteiger partial charge on any atom is 0.270 e. The number of nitrogens with zero attached hydrogens (tertiary/aromatic N) is 5. The van der Waals surface area contributed by atoms with Crippen LogP contribution in [0.25, 0.3) is 28.6 Å². The zero-order valence-electron chi connectivity index (χ0n) is 17.2. The average molecular weight is 424 g/mol. The molecule has 1 aliphatic heterocycles. The van der Waals surface area contributed by atoms with Crippen LogP contribution in [0.3, 0.4) is 0 Å². The summed E-state index contributed by atoms with van der Waals surface area (Å²) in [4.78, 5) is 23.4. The minimum atomic E-state index is 0.0179. The molecule has 0 spiro atoms. The maximum atomic E-state index is 12.7. The van der Waals surface area contributed by atoms with Crippen molar-refractivity contribution in [3.05, 3.63) is 84.2 Å². The topological polar surface area (TPSA) is 111 Å². The summed E-state index contributed by atoms with van der Waals surface area (Å²) in [6.45, 7) is 1.10. The monoisotopic (exact) mass is 424 g/mol. The second-order valence-electron chi connectivity index (χ2n) is 7.36. The van der Waals surface area contributed by atoms with E-state index in [1.54, 1.807) is 6.20 Å². The number of nitrogens with two attached hydrogens (primary N) is 1. The van der Waals surface area contributed by atoms with Crippen molar-refractivity contribution in [1.29, 1.82) is 0 Å². The lowest BCUT2D eigenvalue weighted by molar-refractivity contribution is 0.0773. The van der Waals surface area contributed by atoms with Crippen molar-refractivity contribution in [2.24, 2.45) is 0 Å². The molecule has 4 aromatic rings. The molecule has 5 rings (SSSR count). The van der Waals surface area contributed by atoms with E-state index in [1.807, 2.05) is 71.6 Å². The van der Waals surface area contributed by atoms with E-state index in [0.717, 1.165) is 11.1 Å². The maximum absolute atomic E-state index is 12.7. The van der Waals surface area contributed by atoms with Crippen LogP contribution >= 0.6 is 0 Å². The number of hydrogen-bond acceptors (Lipinski definition) is 7. The second-order valence-corrected chi connectivity index (χ2v) is 7.36. The van der Waals surface area contributed by atoms with Gasteiger partial charge in [0, 0.05) is 24.2 Å². The van der Waals surface area contributed by atoms with Crippen LogP contribution in [0.15, 0.2) is 77.4 Å². The largest absolute Gasteiger partial charge is 0.414 e. The molecule has 0 radical (unpaired) electrons. The van der Waals surface area contributed by atoms with Gasteiger partial charge in [0.05, 0.1) is 11.9 Å². The molecule has 1 amide bonds. The molecule has 2 aromatic heterocycles. The third-order valence-electron chi connectivity index (χ3n) is 5.30. The van der Waals surface area contributed by atoms with Crippen LogP contribution in [-0.4, -0.2) is 44.1 Å². The Morgan fingerprint density at radius 2 is 1.69 bits per heavy atom. The highest BCUT2D eigenvalue weighted by Gasteiger charge is 2.22. The molecule has 0 atom stereocenters. The van der Waals surface area contributed by atoms with Crippen molar-refractivity contribution >= 4 is 17.3 Å². The summed E-state index contributed by atoms with van der Waals surface area (Å²) in [5.74, 6) is 0.839. The Hall–Kier alpha value is -4.33. The fourth-order valence-electron chi connectivity index (χ4n) is 3.58. The van der Waals surface area contributed by atoms with E-state index in [4.69, 9.17) is 10.2 Å². The minimum absolute atomic E-state index is 0.0179. The van der Waals surface area contributed by atoms with Gasteiger partial charge in [-0.1, -0.05) is 42.5 Å². The Bertz CT molecular complexity index is 1280. The summed E-state index contributed by atoms with van der Waals surface area (Å²) in [6, 6.07) is 18.8. The first-order valence-electron chi connectivity index (χ1n) is 10.2. The van der Waals surface area contributed by atoms with Crippen molar-refractivity contribution in [1.82, 2.24) is 25.1 Å². The number of carbonyl (C=O) groups excluding carboxylic acids is 1. The van der Waals surface area contributed by atoms with Gasteiger partial charge in [0.25, 0.3) is 11.8 Å². The average Bonchev–Trinajstić information content (AvgIpc) is 3.35. The normalized spacial score (nSPS) is 13.6. The van der Waals surface area contributed by atoms with E-state index < -0.39 is 0 Å². The predicted molar refractivity (Wildman–Crippen MR) is 120 cm³/mol. The van der Waals surface area contributed by atoms with Crippen LogP contribution in [0.2, 0.25) is 0 Å². The lowest BCUT2D eigenvalue weighted by Gasteiger charge is -2.26. The highest BCUT2D eigenvalue weighted by atomic mass is 16.4. The first kappa shape index (κ1) is 19.6. The molecule has 8 heteroatoms. The molecule has 32 heavy (non-hydrogen) atoms. The first-order valence-corrected chi connectivity index (χ1v) is 10.2. The zero-order valence-corrected chi connectivity index (χ0v) is 17.2. The van der Waals surface area contributed by atoms with Gasteiger partial charge in [0.1, 0.15) is 0 Å². The molecular formula is C24H20N6O2. The third kappa shape index (κ3) is 3.85.